The molecule has 3 rings (SSSR count). The molecule has 0 spiro atoms. The van der Waals surface area contributed by atoms with E-state index >= 15 is 0 Å². The Bertz CT molecular complexity index is 976. The molecule has 0 bridgehead atoms. The SMILES string of the molecule is Nc1cc2ncnc(NC(=O)c3cccc(Br)c3)c2cc1[N+](=O)[O-]. The van der Waals surface area contributed by atoms with Crippen LogP contribution in [0, 0.1) is 10.1 Å². The van der Waals surface area contributed by atoms with Crippen molar-refractivity contribution < 1.29 is 9.72 Å². The van der Waals surface area contributed by atoms with Gasteiger partial charge in [0.2, 0.25) is 0 Å². The Kier molecular flexibility index (Phi) is 4.09. The molecule has 3 N–H and O–H groups in total. The van der Waals surface area contributed by atoms with Crippen molar-refractivity contribution in [2.75, 3.05) is 11.1 Å². The molecule has 0 radical (unpaired) electrons. The number of nitrogens with zero attached hydrogens (tertiary/aromatic N) is 3. The predicted molar refractivity (Wildman–Crippen MR) is 92.7 cm³/mol. The smallest absolute Gasteiger partial charge is 0.293 e. The molecule has 2 aromatic carbocycles. The van der Waals surface area contributed by atoms with Crippen molar-refractivity contribution in [3.05, 3.63) is 62.9 Å². The van der Waals surface area contributed by atoms with E-state index in [1.165, 1.54) is 18.5 Å². The maximum atomic E-state index is 12.3. The molecule has 9 heteroatoms. The minimum Gasteiger partial charge on any atom is -0.393 e. The number of anilines is 2. The standard InChI is InChI=1S/C15H10BrN5O3/c16-9-3-1-2-8(4-9)15(22)20-14-10-5-13(21(23)24)11(17)6-12(10)18-7-19-14/h1-7H,17H2,(H,18,19,20,22). The fourth-order valence-corrected chi connectivity index (χ4v) is 2.57. The molecule has 24 heavy (non-hydrogen) atoms. The van der Waals surface area contributed by atoms with E-state index in [-0.39, 0.29) is 17.2 Å². The van der Waals surface area contributed by atoms with E-state index in [0.717, 1.165) is 4.47 Å². The van der Waals surface area contributed by atoms with Crippen LogP contribution < -0.4 is 11.1 Å². The van der Waals surface area contributed by atoms with Gasteiger partial charge in [-0.15, -0.1) is 0 Å². The molecule has 120 valence electrons. The maximum absolute atomic E-state index is 12.3. The zero-order valence-electron chi connectivity index (χ0n) is 12.1. The molecule has 0 saturated heterocycles. The molecule has 8 nitrogen and oxygen atoms in total. The number of hydrogen-bond donors (Lipinski definition) is 2. The maximum Gasteiger partial charge on any atom is 0.293 e. The van der Waals surface area contributed by atoms with Crippen LogP contribution in [-0.4, -0.2) is 20.8 Å². The van der Waals surface area contributed by atoms with Gasteiger partial charge in [-0.05, 0) is 24.3 Å². The second-order valence-corrected chi connectivity index (χ2v) is 5.79. The van der Waals surface area contributed by atoms with E-state index in [1.807, 2.05) is 0 Å². The first-order valence-corrected chi connectivity index (χ1v) is 7.50. The molecule has 0 fully saturated rings. The number of carbonyl (C=O) groups excluding carboxylic acids is 1. The number of carbonyl (C=O) groups is 1. The Hall–Kier alpha value is -3.07. The molecular formula is C15H10BrN5O3. The van der Waals surface area contributed by atoms with Gasteiger partial charge in [-0.1, -0.05) is 22.0 Å². The van der Waals surface area contributed by atoms with Crippen LogP contribution in [0.2, 0.25) is 0 Å². The highest BCUT2D eigenvalue weighted by Crippen LogP contribution is 2.30. The summed E-state index contributed by atoms with van der Waals surface area (Å²) in [6, 6.07) is 9.44. The molecule has 0 unspecified atom stereocenters. The quantitative estimate of drug-likeness (QED) is 0.404. The molecule has 1 aromatic heterocycles. The summed E-state index contributed by atoms with van der Waals surface area (Å²) in [7, 11) is 0. The Morgan fingerprint density at radius 3 is 2.75 bits per heavy atom. The summed E-state index contributed by atoms with van der Waals surface area (Å²) in [6.07, 6.45) is 1.25. The van der Waals surface area contributed by atoms with Gasteiger partial charge in [-0.25, -0.2) is 9.97 Å². The lowest BCUT2D eigenvalue weighted by molar-refractivity contribution is -0.383. The van der Waals surface area contributed by atoms with Crippen LogP contribution in [0.1, 0.15) is 10.4 Å². The third-order valence-corrected chi connectivity index (χ3v) is 3.79. The summed E-state index contributed by atoms with van der Waals surface area (Å²) in [5.74, 6) is -0.219. The zero-order valence-corrected chi connectivity index (χ0v) is 13.6. The number of amides is 1. The van der Waals surface area contributed by atoms with Crippen molar-refractivity contribution in [1.82, 2.24) is 9.97 Å². The molecule has 0 saturated carbocycles. The van der Waals surface area contributed by atoms with Crippen LogP contribution in [0.4, 0.5) is 17.2 Å². The van der Waals surface area contributed by atoms with Gasteiger partial charge in [-0.3, -0.25) is 14.9 Å². The number of nitro benzene ring substituents is 1. The topological polar surface area (TPSA) is 124 Å². The van der Waals surface area contributed by atoms with E-state index in [0.29, 0.717) is 16.5 Å². The fraction of sp³-hybridized carbons (Fsp3) is 0. The predicted octanol–water partition coefficient (Wildman–Crippen LogP) is 3.14. The molecule has 0 atom stereocenters. The van der Waals surface area contributed by atoms with E-state index in [9.17, 15) is 14.9 Å². The summed E-state index contributed by atoms with van der Waals surface area (Å²) in [5, 5.41) is 14.0. The monoisotopic (exact) mass is 387 g/mol. The Morgan fingerprint density at radius 1 is 1.25 bits per heavy atom. The third-order valence-electron chi connectivity index (χ3n) is 3.30. The first-order valence-electron chi connectivity index (χ1n) is 6.71. The van der Waals surface area contributed by atoms with Gasteiger partial charge < -0.3 is 11.1 Å². The number of nitrogens with two attached hydrogens (primary N) is 1. The van der Waals surface area contributed by atoms with E-state index in [2.05, 4.69) is 31.2 Å². The molecule has 3 aromatic rings. The second kappa shape index (κ2) is 6.20. The molecule has 0 aliphatic carbocycles. The number of nitrogen functional groups attached to an aromatic ring is 1. The van der Waals surface area contributed by atoms with Crippen molar-refractivity contribution in [3.8, 4) is 0 Å². The zero-order chi connectivity index (χ0) is 17.3. The van der Waals surface area contributed by atoms with Crippen LogP contribution in [-0.2, 0) is 0 Å². The normalized spacial score (nSPS) is 10.5. The highest BCUT2D eigenvalue weighted by molar-refractivity contribution is 9.10. The first-order chi connectivity index (χ1) is 11.5. The number of nitrogens with one attached hydrogen (secondary N) is 1. The number of halogens is 1. The summed E-state index contributed by atoms with van der Waals surface area (Å²) >= 11 is 3.29. The summed E-state index contributed by atoms with van der Waals surface area (Å²) in [4.78, 5) is 30.8. The van der Waals surface area contributed by atoms with Gasteiger partial charge in [0.15, 0.2) is 0 Å². The van der Waals surface area contributed by atoms with Crippen LogP contribution >= 0.6 is 15.9 Å². The summed E-state index contributed by atoms with van der Waals surface area (Å²) in [6.45, 7) is 0. The molecule has 1 heterocycles. The van der Waals surface area contributed by atoms with Gasteiger partial charge in [0.25, 0.3) is 11.6 Å². The highest BCUT2D eigenvalue weighted by Gasteiger charge is 2.17. The lowest BCUT2D eigenvalue weighted by Crippen LogP contribution is -2.13. The van der Waals surface area contributed by atoms with Crippen molar-refractivity contribution >= 4 is 49.9 Å². The number of hydrogen-bond acceptors (Lipinski definition) is 6. The van der Waals surface area contributed by atoms with E-state index in [4.69, 9.17) is 5.73 Å². The van der Waals surface area contributed by atoms with E-state index in [1.54, 1.807) is 24.3 Å². The average molecular weight is 388 g/mol. The molecule has 1 amide bonds. The Morgan fingerprint density at radius 2 is 2.04 bits per heavy atom. The highest BCUT2D eigenvalue weighted by atomic mass is 79.9. The van der Waals surface area contributed by atoms with Gasteiger partial charge in [0, 0.05) is 16.1 Å². The van der Waals surface area contributed by atoms with Crippen molar-refractivity contribution in [2.45, 2.75) is 0 Å². The minimum atomic E-state index is -0.596. The number of aromatic nitrogens is 2. The van der Waals surface area contributed by atoms with Gasteiger partial charge in [0.1, 0.15) is 17.8 Å². The van der Waals surface area contributed by atoms with Crippen molar-refractivity contribution in [2.24, 2.45) is 0 Å². The number of rotatable bonds is 3. The number of benzene rings is 2. The second-order valence-electron chi connectivity index (χ2n) is 4.87. The third kappa shape index (κ3) is 3.01. The number of fused-ring (bicyclic) bond motifs is 1. The first kappa shape index (κ1) is 15.8. The lowest BCUT2D eigenvalue weighted by Gasteiger charge is -2.08. The largest absolute Gasteiger partial charge is 0.393 e. The summed E-state index contributed by atoms with van der Waals surface area (Å²) < 4.78 is 0.756. The molecule has 0 aliphatic rings. The minimum absolute atomic E-state index is 0.00420. The van der Waals surface area contributed by atoms with Crippen molar-refractivity contribution in [3.63, 3.8) is 0 Å². The number of nitro groups is 1. The lowest BCUT2D eigenvalue weighted by atomic mass is 10.1. The Labute approximate surface area is 144 Å². The van der Waals surface area contributed by atoms with Gasteiger partial charge in [0.05, 0.1) is 15.8 Å². The van der Waals surface area contributed by atoms with Crippen molar-refractivity contribution in [1.29, 1.82) is 0 Å². The van der Waals surface area contributed by atoms with Crippen LogP contribution in [0.15, 0.2) is 47.2 Å². The average Bonchev–Trinajstić information content (AvgIpc) is 2.54. The van der Waals surface area contributed by atoms with Gasteiger partial charge in [-0.2, -0.15) is 0 Å². The van der Waals surface area contributed by atoms with Crippen LogP contribution in [0.25, 0.3) is 10.9 Å². The molecule has 0 aliphatic heterocycles. The summed E-state index contributed by atoms with van der Waals surface area (Å²) in [5.41, 5.74) is 6.20. The van der Waals surface area contributed by atoms with Gasteiger partial charge >= 0.3 is 0 Å². The fourth-order valence-electron chi connectivity index (χ4n) is 2.17. The molecular weight excluding hydrogens is 378 g/mol. The van der Waals surface area contributed by atoms with E-state index < -0.39 is 10.8 Å². The van der Waals surface area contributed by atoms with Crippen LogP contribution in [0.3, 0.4) is 0 Å². The Balaban J connectivity index is 2.04. The van der Waals surface area contributed by atoms with Crippen LogP contribution in [0.5, 0.6) is 0 Å².